The molecule has 0 saturated heterocycles. The van der Waals surface area contributed by atoms with Crippen LogP contribution in [0.5, 0.6) is 0 Å². The third-order valence-electron chi connectivity index (χ3n) is 2.62. The van der Waals surface area contributed by atoms with Crippen LogP contribution in [0.3, 0.4) is 0 Å². The molecule has 7 heteroatoms. The molecule has 0 N–H and O–H groups in total. The van der Waals surface area contributed by atoms with Gasteiger partial charge in [0.25, 0.3) is 5.82 Å². The van der Waals surface area contributed by atoms with Crippen molar-refractivity contribution in [1.29, 1.82) is 5.26 Å². The summed E-state index contributed by atoms with van der Waals surface area (Å²) in [5.41, 5.74) is 0.737. The summed E-state index contributed by atoms with van der Waals surface area (Å²) in [4.78, 5) is 7.90. The summed E-state index contributed by atoms with van der Waals surface area (Å²) in [5, 5.41) is 12.5. The molecule has 0 aliphatic heterocycles. The summed E-state index contributed by atoms with van der Waals surface area (Å²) >= 11 is 0. The molecule has 0 spiro atoms. The van der Waals surface area contributed by atoms with Gasteiger partial charge in [0, 0.05) is 5.56 Å². The Kier molecular flexibility index (Phi) is 2.97. The molecule has 3 aromatic rings. The Hall–Kier alpha value is -3.01. The maximum Gasteiger partial charge on any atom is 0.252 e. The predicted octanol–water partition coefficient (Wildman–Crippen LogP) is 1.99. The highest BCUT2D eigenvalue weighted by atomic mass is 19.1. The Morgan fingerprint density at radius 2 is 2.05 bits per heavy atom. The first kappa shape index (κ1) is 12.0. The second-order valence-corrected chi connectivity index (χ2v) is 4.00. The summed E-state index contributed by atoms with van der Waals surface area (Å²) in [6.45, 7) is 0.274. The SMILES string of the molecule is N#Cc1ncn(Cc2ncc(-c3ccc(F)cc3)o2)n1. The van der Waals surface area contributed by atoms with Crippen LogP contribution < -0.4 is 0 Å². The van der Waals surface area contributed by atoms with Gasteiger partial charge in [0.2, 0.25) is 5.89 Å². The van der Waals surface area contributed by atoms with Crippen LogP contribution in [0.25, 0.3) is 11.3 Å². The Labute approximate surface area is 113 Å². The van der Waals surface area contributed by atoms with Gasteiger partial charge in [-0.1, -0.05) is 0 Å². The lowest BCUT2D eigenvalue weighted by Gasteiger charge is -1.96. The van der Waals surface area contributed by atoms with Crippen molar-refractivity contribution < 1.29 is 8.81 Å². The number of halogens is 1. The number of hydrogen-bond donors (Lipinski definition) is 0. The fraction of sp³-hybridized carbons (Fsp3) is 0.0769. The van der Waals surface area contributed by atoms with Crippen molar-refractivity contribution in [1.82, 2.24) is 19.7 Å². The predicted molar refractivity (Wildman–Crippen MR) is 65.7 cm³/mol. The summed E-state index contributed by atoms with van der Waals surface area (Å²) in [6, 6.07) is 7.78. The average Bonchev–Trinajstić information content (AvgIpc) is 3.09. The van der Waals surface area contributed by atoms with E-state index in [0.717, 1.165) is 5.56 Å². The highest BCUT2D eigenvalue weighted by Gasteiger charge is 2.08. The zero-order valence-electron chi connectivity index (χ0n) is 10.2. The smallest absolute Gasteiger partial charge is 0.252 e. The van der Waals surface area contributed by atoms with Gasteiger partial charge in [-0.15, -0.1) is 5.10 Å². The Morgan fingerprint density at radius 1 is 1.25 bits per heavy atom. The van der Waals surface area contributed by atoms with Crippen LogP contribution in [0.1, 0.15) is 11.7 Å². The first-order valence-electron chi connectivity index (χ1n) is 5.75. The molecular weight excluding hydrogens is 261 g/mol. The van der Waals surface area contributed by atoms with E-state index in [9.17, 15) is 4.39 Å². The normalized spacial score (nSPS) is 10.4. The molecule has 3 rings (SSSR count). The summed E-state index contributed by atoms with van der Waals surface area (Å²) in [7, 11) is 0. The van der Waals surface area contributed by atoms with Crippen molar-refractivity contribution in [3.63, 3.8) is 0 Å². The van der Waals surface area contributed by atoms with Gasteiger partial charge in [-0.2, -0.15) is 5.26 Å². The molecule has 0 aliphatic rings. The average molecular weight is 269 g/mol. The first-order chi connectivity index (χ1) is 9.74. The number of nitriles is 1. The van der Waals surface area contributed by atoms with Gasteiger partial charge in [-0.3, -0.25) is 0 Å². The lowest BCUT2D eigenvalue weighted by molar-refractivity contribution is 0.473. The Bertz CT molecular complexity index is 769. The van der Waals surface area contributed by atoms with Gasteiger partial charge >= 0.3 is 0 Å². The minimum atomic E-state index is -0.305. The largest absolute Gasteiger partial charge is 0.439 e. The quantitative estimate of drug-likeness (QED) is 0.726. The fourth-order valence-electron chi connectivity index (χ4n) is 1.69. The van der Waals surface area contributed by atoms with Crippen LogP contribution in [-0.2, 0) is 6.54 Å². The minimum Gasteiger partial charge on any atom is -0.439 e. The van der Waals surface area contributed by atoms with E-state index in [-0.39, 0.29) is 18.2 Å². The van der Waals surface area contributed by atoms with E-state index in [0.29, 0.717) is 11.7 Å². The number of aromatic nitrogens is 4. The molecule has 0 aliphatic carbocycles. The molecule has 2 aromatic heterocycles. The molecule has 0 amide bonds. The topological polar surface area (TPSA) is 80.5 Å². The molecule has 2 heterocycles. The van der Waals surface area contributed by atoms with E-state index in [1.165, 1.54) is 23.1 Å². The first-order valence-corrected chi connectivity index (χ1v) is 5.75. The van der Waals surface area contributed by atoms with E-state index in [2.05, 4.69) is 15.1 Å². The van der Waals surface area contributed by atoms with Crippen LogP contribution in [0.15, 0.2) is 41.2 Å². The van der Waals surface area contributed by atoms with Gasteiger partial charge in [0.1, 0.15) is 24.8 Å². The number of nitrogens with zero attached hydrogens (tertiary/aromatic N) is 5. The standard InChI is InChI=1S/C13H8FN5O/c14-10-3-1-9(2-4-10)11-6-16-13(20-11)7-19-8-17-12(5-15)18-19/h1-4,6,8H,7H2. The zero-order chi connectivity index (χ0) is 13.9. The maximum atomic E-state index is 12.8. The number of hydrogen-bond acceptors (Lipinski definition) is 5. The second kappa shape index (κ2) is 4.93. The Morgan fingerprint density at radius 3 is 2.75 bits per heavy atom. The third kappa shape index (κ3) is 2.40. The lowest BCUT2D eigenvalue weighted by atomic mass is 10.2. The van der Waals surface area contributed by atoms with Crippen molar-refractivity contribution in [3.8, 4) is 17.4 Å². The van der Waals surface area contributed by atoms with Crippen LogP contribution >= 0.6 is 0 Å². The highest BCUT2D eigenvalue weighted by molar-refractivity contribution is 5.55. The zero-order valence-corrected chi connectivity index (χ0v) is 10.2. The molecule has 20 heavy (non-hydrogen) atoms. The Balaban J connectivity index is 1.80. The molecule has 6 nitrogen and oxygen atoms in total. The molecule has 0 unspecified atom stereocenters. The summed E-state index contributed by atoms with van der Waals surface area (Å²) in [6.07, 6.45) is 2.99. The molecular formula is C13H8FN5O. The molecule has 98 valence electrons. The molecule has 1 aromatic carbocycles. The lowest BCUT2D eigenvalue weighted by Crippen LogP contribution is -2.00. The van der Waals surface area contributed by atoms with Crippen molar-refractivity contribution >= 4 is 0 Å². The summed E-state index contributed by atoms with van der Waals surface area (Å²) in [5.74, 6) is 0.759. The van der Waals surface area contributed by atoms with Gasteiger partial charge in [0.15, 0.2) is 5.76 Å². The van der Waals surface area contributed by atoms with Gasteiger partial charge in [-0.25, -0.2) is 19.0 Å². The minimum absolute atomic E-state index is 0.0929. The van der Waals surface area contributed by atoms with E-state index in [4.69, 9.17) is 9.68 Å². The third-order valence-corrected chi connectivity index (χ3v) is 2.62. The van der Waals surface area contributed by atoms with Crippen LogP contribution in [0.2, 0.25) is 0 Å². The van der Waals surface area contributed by atoms with E-state index >= 15 is 0 Å². The molecule has 0 saturated carbocycles. The van der Waals surface area contributed by atoms with Crippen molar-refractivity contribution in [2.45, 2.75) is 6.54 Å². The van der Waals surface area contributed by atoms with Crippen molar-refractivity contribution in [3.05, 3.63) is 54.3 Å². The van der Waals surface area contributed by atoms with E-state index in [1.54, 1.807) is 18.3 Å². The van der Waals surface area contributed by atoms with Crippen LogP contribution in [0.4, 0.5) is 4.39 Å². The molecule has 0 bridgehead atoms. The fourth-order valence-corrected chi connectivity index (χ4v) is 1.69. The molecule has 0 radical (unpaired) electrons. The van der Waals surface area contributed by atoms with E-state index in [1.807, 2.05) is 6.07 Å². The van der Waals surface area contributed by atoms with Crippen LogP contribution in [-0.4, -0.2) is 19.7 Å². The number of rotatable bonds is 3. The molecule has 0 atom stereocenters. The van der Waals surface area contributed by atoms with Gasteiger partial charge < -0.3 is 4.42 Å². The van der Waals surface area contributed by atoms with Gasteiger partial charge in [-0.05, 0) is 24.3 Å². The molecule has 0 fully saturated rings. The number of benzene rings is 1. The van der Waals surface area contributed by atoms with Crippen molar-refractivity contribution in [2.24, 2.45) is 0 Å². The number of oxazole rings is 1. The van der Waals surface area contributed by atoms with Crippen LogP contribution in [0, 0.1) is 17.1 Å². The monoisotopic (exact) mass is 269 g/mol. The van der Waals surface area contributed by atoms with E-state index < -0.39 is 0 Å². The second-order valence-electron chi connectivity index (χ2n) is 4.00. The van der Waals surface area contributed by atoms with Gasteiger partial charge in [0.05, 0.1) is 6.20 Å². The van der Waals surface area contributed by atoms with Crippen molar-refractivity contribution in [2.75, 3.05) is 0 Å². The maximum absolute atomic E-state index is 12.8. The highest BCUT2D eigenvalue weighted by Crippen LogP contribution is 2.20. The summed E-state index contributed by atoms with van der Waals surface area (Å²) < 4.78 is 19.8.